The molecule has 0 bridgehead atoms. The highest BCUT2D eigenvalue weighted by atomic mass is 19.1. The molecule has 1 amide bonds. The summed E-state index contributed by atoms with van der Waals surface area (Å²) in [7, 11) is 3.10. The average Bonchev–Trinajstić information content (AvgIpc) is 3.09. The second kappa shape index (κ2) is 8.79. The molecule has 0 unspecified atom stereocenters. The average molecular weight is 325 g/mol. The molecule has 2 N–H and O–H groups in total. The van der Waals surface area contributed by atoms with Crippen molar-refractivity contribution in [1.29, 1.82) is 0 Å². The van der Waals surface area contributed by atoms with E-state index in [0.717, 1.165) is 19.4 Å². The molecule has 1 aromatic heterocycles. The van der Waals surface area contributed by atoms with E-state index in [9.17, 15) is 9.18 Å². The largest absolute Gasteiger partial charge is 0.481 e. The summed E-state index contributed by atoms with van der Waals surface area (Å²) >= 11 is 0. The number of nitrogens with zero attached hydrogens (tertiary/aromatic N) is 1. The van der Waals surface area contributed by atoms with Gasteiger partial charge in [0.1, 0.15) is 5.82 Å². The van der Waals surface area contributed by atoms with Crippen molar-refractivity contribution in [3.8, 4) is 5.88 Å². The van der Waals surface area contributed by atoms with E-state index in [1.807, 2.05) is 0 Å². The van der Waals surface area contributed by atoms with Crippen LogP contribution in [0.25, 0.3) is 0 Å². The molecule has 1 aliphatic rings. The van der Waals surface area contributed by atoms with Crippen molar-refractivity contribution in [2.24, 2.45) is 0 Å². The van der Waals surface area contributed by atoms with E-state index >= 15 is 0 Å². The van der Waals surface area contributed by atoms with Crippen molar-refractivity contribution >= 4 is 5.91 Å². The van der Waals surface area contributed by atoms with Gasteiger partial charge in [0.05, 0.1) is 18.8 Å². The van der Waals surface area contributed by atoms with Gasteiger partial charge in [-0.1, -0.05) is 0 Å². The van der Waals surface area contributed by atoms with Crippen LogP contribution in [0.4, 0.5) is 4.39 Å². The number of rotatable bonds is 8. The third kappa shape index (κ3) is 4.87. The molecule has 23 heavy (non-hydrogen) atoms. The number of carbonyl (C=O) groups excluding carboxylic acids is 1. The minimum Gasteiger partial charge on any atom is -0.481 e. The second-order valence-corrected chi connectivity index (χ2v) is 5.55. The molecule has 0 aromatic carbocycles. The van der Waals surface area contributed by atoms with Crippen LogP contribution in [-0.4, -0.2) is 44.3 Å². The third-order valence-electron chi connectivity index (χ3n) is 3.87. The van der Waals surface area contributed by atoms with Crippen LogP contribution in [0, 0.1) is 5.82 Å². The Hall–Kier alpha value is -1.73. The molecular weight excluding hydrogens is 301 g/mol. The highest BCUT2D eigenvalue weighted by Gasteiger charge is 2.22. The third-order valence-corrected chi connectivity index (χ3v) is 3.87. The molecule has 1 atom stereocenters. The number of halogens is 1. The SMILES string of the molecule is COCCCc1nc(OC)c(CNC(=O)[C@@H]2CCCN2)cc1F. The van der Waals surface area contributed by atoms with Crippen LogP contribution in [0.1, 0.15) is 30.5 Å². The number of hydrogen-bond donors (Lipinski definition) is 2. The number of amides is 1. The summed E-state index contributed by atoms with van der Waals surface area (Å²) in [5.41, 5.74) is 0.887. The topological polar surface area (TPSA) is 72.5 Å². The van der Waals surface area contributed by atoms with E-state index in [1.165, 1.54) is 13.2 Å². The number of aromatic nitrogens is 1. The first-order chi connectivity index (χ1) is 11.2. The minimum atomic E-state index is -0.384. The first-order valence-corrected chi connectivity index (χ1v) is 7.88. The molecule has 1 saturated heterocycles. The Labute approximate surface area is 135 Å². The highest BCUT2D eigenvalue weighted by molar-refractivity contribution is 5.82. The normalized spacial score (nSPS) is 17.3. The molecule has 7 heteroatoms. The lowest BCUT2D eigenvalue weighted by molar-refractivity contribution is -0.122. The predicted octanol–water partition coefficient (Wildman–Crippen LogP) is 1.18. The summed E-state index contributed by atoms with van der Waals surface area (Å²) in [5.74, 6) is -0.113. The highest BCUT2D eigenvalue weighted by Crippen LogP contribution is 2.20. The van der Waals surface area contributed by atoms with Crippen LogP contribution in [0.5, 0.6) is 5.88 Å². The van der Waals surface area contributed by atoms with Crippen LogP contribution in [0.15, 0.2) is 6.07 Å². The first-order valence-electron chi connectivity index (χ1n) is 7.88. The zero-order valence-corrected chi connectivity index (χ0v) is 13.7. The first kappa shape index (κ1) is 17.6. The van der Waals surface area contributed by atoms with E-state index in [1.54, 1.807) is 7.11 Å². The van der Waals surface area contributed by atoms with Gasteiger partial charge in [-0.2, -0.15) is 0 Å². The van der Waals surface area contributed by atoms with Gasteiger partial charge in [0.15, 0.2) is 0 Å². The number of aryl methyl sites for hydroxylation is 1. The summed E-state index contributed by atoms with van der Waals surface area (Å²) in [6, 6.07) is 1.23. The fraction of sp³-hybridized carbons (Fsp3) is 0.625. The van der Waals surface area contributed by atoms with Crippen molar-refractivity contribution in [1.82, 2.24) is 15.6 Å². The van der Waals surface area contributed by atoms with Gasteiger partial charge in [-0.25, -0.2) is 9.37 Å². The second-order valence-electron chi connectivity index (χ2n) is 5.55. The molecule has 128 valence electrons. The quantitative estimate of drug-likeness (QED) is 0.702. The molecule has 0 radical (unpaired) electrons. The van der Waals surface area contributed by atoms with Crippen LogP contribution < -0.4 is 15.4 Å². The lowest BCUT2D eigenvalue weighted by Gasteiger charge is -2.14. The number of nitrogens with one attached hydrogen (secondary N) is 2. The summed E-state index contributed by atoms with van der Waals surface area (Å²) in [6.45, 7) is 1.60. The molecule has 0 spiro atoms. The van der Waals surface area contributed by atoms with Crippen LogP contribution in [0.3, 0.4) is 0 Å². The molecular formula is C16H24FN3O3. The molecule has 0 saturated carbocycles. The molecule has 1 fully saturated rings. The van der Waals surface area contributed by atoms with Crippen molar-refractivity contribution in [2.75, 3.05) is 27.4 Å². The number of pyridine rings is 1. The van der Waals surface area contributed by atoms with Crippen molar-refractivity contribution < 1.29 is 18.7 Å². The Morgan fingerprint density at radius 1 is 1.52 bits per heavy atom. The van der Waals surface area contributed by atoms with Gasteiger partial charge >= 0.3 is 0 Å². The Balaban J connectivity index is 2.00. The molecule has 1 aromatic rings. The van der Waals surface area contributed by atoms with Gasteiger partial charge in [-0.05, 0) is 38.3 Å². The Kier molecular flexibility index (Phi) is 6.73. The van der Waals surface area contributed by atoms with Gasteiger partial charge in [-0.3, -0.25) is 4.79 Å². The molecule has 0 aliphatic carbocycles. The van der Waals surface area contributed by atoms with Gasteiger partial charge in [0.2, 0.25) is 11.8 Å². The number of hydrogen-bond acceptors (Lipinski definition) is 5. The predicted molar refractivity (Wildman–Crippen MR) is 83.8 cm³/mol. The van der Waals surface area contributed by atoms with Crippen LogP contribution >= 0.6 is 0 Å². The zero-order chi connectivity index (χ0) is 16.7. The maximum Gasteiger partial charge on any atom is 0.237 e. The van der Waals surface area contributed by atoms with Crippen molar-refractivity contribution in [3.05, 3.63) is 23.1 Å². The maximum absolute atomic E-state index is 14.1. The van der Waals surface area contributed by atoms with Crippen molar-refractivity contribution in [2.45, 2.75) is 38.3 Å². The van der Waals surface area contributed by atoms with Gasteiger partial charge in [-0.15, -0.1) is 0 Å². The Morgan fingerprint density at radius 2 is 2.35 bits per heavy atom. The smallest absolute Gasteiger partial charge is 0.237 e. The number of ether oxygens (including phenoxy) is 2. The van der Waals surface area contributed by atoms with E-state index in [0.29, 0.717) is 36.6 Å². The maximum atomic E-state index is 14.1. The van der Waals surface area contributed by atoms with Crippen LogP contribution in [0.2, 0.25) is 0 Å². The van der Waals surface area contributed by atoms with E-state index in [2.05, 4.69) is 15.6 Å². The Bertz CT molecular complexity index is 534. The fourth-order valence-electron chi connectivity index (χ4n) is 2.62. The molecule has 1 aliphatic heterocycles. The molecule has 2 heterocycles. The van der Waals surface area contributed by atoms with E-state index in [-0.39, 0.29) is 24.3 Å². The van der Waals surface area contributed by atoms with Crippen molar-refractivity contribution in [3.63, 3.8) is 0 Å². The summed E-state index contributed by atoms with van der Waals surface area (Å²) < 4.78 is 24.3. The zero-order valence-electron chi connectivity index (χ0n) is 13.7. The number of methoxy groups -OCH3 is 2. The van der Waals surface area contributed by atoms with Crippen LogP contribution in [-0.2, 0) is 22.5 Å². The standard InChI is InChI=1S/C16H24FN3O3/c1-22-8-4-6-13-12(17)9-11(16(20-13)23-2)10-19-15(21)14-5-3-7-18-14/h9,14,18H,3-8,10H2,1-2H3,(H,19,21)/t14-/m0/s1. The Morgan fingerprint density at radius 3 is 3.00 bits per heavy atom. The molecule has 2 rings (SSSR count). The van der Waals surface area contributed by atoms with Gasteiger partial charge in [0, 0.05) is 25.8 Å². The summed E-state index contributed by atoms with van der Waals surface area (Å²) in [5, 5.41) is 5.93. The fourth-order valence-corrected chi connectivity index (χ4v) is 2.62. The summed E-state index contributed by atoms with van der Waals surface area (Å²) in [4.78, 5) is 16.2. The monoisotopic (exact) mass is 325 g/mol. The van der Waals surface area contributed by atoms with Gasteiger partial charge < -0.3 is 20.1 Å². The van der Waals surface area contributed by atoms with E-state index < -0.39 is 0 Å². The van der Waals surface area contributed by atoms with E-state index in [4.69, 9.17) is 9.47 Å². The summed E-state index contributed by atoms with van der Waals surface area (Å²) in [6.07, 6.45) is 2.99. The lowest BCUT2D eigenvalue weighted by atomic mass is 10.1. The number of carbonyl (C=O) groups is 1. The minimum absolute atomic E-state index is 0.0749. The molecule has 6 nitrogen and oxygen atoms in total. The van der Waals surface area contributed by atoms with Gasteiger partial charge in [0.25, 0.3) is 0 Å². The lowest BCUT2D eigenvalue weighted by Crippen LogP contribution is -2.40.